The largest absolute Gasteiger partial charge is 0.444 e. The number of pyridine rings is 1. The smallest absolute Gasteiger partial charge is 0.411 e. The van der Waals surface area contributed by atoms with E-state index in [4.69, 9.17) is 4.74 Å². The Hall–Kier alpha value is -3.45. The molecule has 4 atom stereocenters. The number of nitrogens with zero attached hydrogens (tertiary/aromatic N) is 3. The molecule has 1 saturated carbocycles. The number of piperidine rings is 1. The highest BCUT2D eigenvalue weighted by Gasteiger charge is 2.52. The molecule has 1 aliphatic heterocycles. The number of likely N-dealkylation sites (tertiary alicyclic amines) is 1. The molecular weight excluding hydrogens is 492 g/mol. The highest BCUT2D eigenvalue weighted by Crippen LogP contribution is 2.43. The first kappa shape index (κ1) is 26.6. The van der Waals surface area contributed by atoms with Gasteiger partial charge in [-0.2, -0.15) is 5.26 Å². The van der Waals surface area contributed by atoms with E-state index in [9.17, 15) is 23.3 Å². The van der Waals surface area contributed by atoms with Gasteiger partial charge in [-0.25, -0.2) is 18.2 Å². The first-order chi connectivity index (χ1) is 17.4. The zero-order chi connectivity index (χ0) is 27.0. The Morgan fingerprint density at radius 1 is 1.16 bits per heavy atom. The van der Waals surface area contributed by atoms with E-state index in [0.717, 1.165) is 42.2 Å². The summed E-state index contributed by atoms with van der Waals surface area (Å²) in [5.41, 5.74) is 1.81. The van der Waals surface area contributed by atoms with Gasteiger partial charge in [0.15, 0.2) is 14.9 Å². The summed E-state index contributed by atoms with van der Waals surface area (Å²) in [5.74, 6) is -0.253. The Morgan fingerprint density at radius 2 is 1.84 bits per heavy atom. The minimum absolute atomic E-state index is 0.00956. The zero-order valence-corrected chi connectivity index (χ0v) is 22.3. The Kier molecular flexibility index (Phi) is 7.29. The van der Waals surface area contributed by atoms with Crippen LogP contribution in [0, 0.1) is 17.2 Å². The molecule has 0 radical (unpaired) electrons. The fourth-order valence-electron chi connectivity index (χ4n) is 5.13. The average molecular weight is 525 g/mol. The monoisotopic (exact) mass is 524 g/mol. The third kappa shape index (κ3) is 6.10. The molecular formula is C27H32N4O5S. The average Bonchev–Trinajstić information content (AvgIpc) is 3.44. The van der Waals surface area contributed by atoms with Crippen molar-refractivity contribution in [2.75, 3.05) is 6.26 Å². The Morgan fingerprint density at radius 3 is 2.41 bits per heavy atom. The number of aromatic nitrogens is 1. The molecule has 1 aromatic heterocycles. The number of carbonyl (C=O) groups is 2. The number of sulfone groups is 1. The summed E-state index contributed by atoms with van der Waals surface area (Å²) in [7, 11) is -3.37. The quantitative estimate of drug-likeness (QED) is 0.612. The Balaban J connectivity index is 1.41. The van der Waals surface area contributed by atoms with Crippen molar-refractivity contribution in [2.24, 2.45) is 5.92 Å². The number of nitriles is 1. The van der Waals surface area contributed by atoms with Crippen LogP contribution in [0.4, 0.5) is 4.79 Å². The first-order valence-corrected chi connectivity index (χ1v) is 14.2. The number of benzene rings is 1. The second kappa shape index (κ2) is 10.1. The summed E-state index contributed by atoms with van der Waals surface area (Å²) in [4.78, 5) is 31.7. The molecule has 2 amide bonds. The van der Waals surface area contributed by atoms with E-state index in [0.29, 0.717) is 6.42 Å². The maximum Gasteiger partial charge on any atom is 0.411 e. The molecule has 4 rings (SSSR count). The molecule has 1 aromatic carbocycles. The number of hydrogen-bond acceptors (Lipinski definition) is 7. The van der Waals surface area contributed by atoms with Crippen LogP contribution in [0.1, 0.15) is 45.6 Å². The van der Waals surface area contributed by atoms with E-state index in [2.05, 4.69) is 16.4 Å². The number of fused-ring (bicyclic) bond motifs is 2. The number of rotatable bonds is 6. The van der Waals surface area contributed by atoms with E-state index >= 15 is 0 Å². The fourth-order valence-corrected chi connectivity index (χ4v) is 5.69. The number of amides is 2. The summed E-state index contributed by atoms with van der Waals surface area (Å²) < 4.78 is 28.8. The van der Waals surface area contributed by atoms with Crippen molar-refractivity contribution in [3.8, 4) is 17.2 Å². The topological polar surface area (TPSA) is 129 Å². The maximum absolute atomic E-state index is 13.3. The van der Waals surface area contributed by atoms with Gasteiger partial charge in [0.25, 0.3) is 0 Å². The molecule has 2 bridgehead atoms. The molecule has 2 aromatic rings. The van der Waals surface area contributed by atoms with Crippen LogP contribution in [-0.2, 0) is 25.8 Å². The second-order valence-corrected chi connectivity index (χ2v) is 12.8. The van der Waals surface area contributed by atoms with Gasteiger partial charge in [0.1, 0.15) is 17.7 Å². The van der Waals surface area contributed by atoms with Gasteiger partial charge in [-0.05, 0) is 69.2 Å². The number of carbonyl (C=O) groups excluding carboxylic acids is 2. The molecule has 37 heavy (non-hydrogen) atoms. The van der Waals surface area contributed by atoms with Gasteiger partial charge in [-0.15, -0.1) is 0 Å². The van der Waals surface area contributed by atoms with Crippen LogP contribution in [0.3, 0.4) is 0 Å². The second-order valence-electron chi connectivity index (χ2n) is 10.8. The van der Waals surface area contributed by atoms with Crippen LogP contribution < -0.4 is 5.32 Å². The van der Waals surface area contributed by atoms with Gasteiger partial charge < -0.3 is 10.1 Å². The Bertz CT molecular complexity index is 1310. The van der Waals surface area contributed by atoms with Crippen molar-refractivity contribution in [1.29, 1.82) is 5.26 Å². The predicted molar refractivity (Wildman–Crippen MR) is 137 cm³/mol. The van der Waals surface area contributed by atoms with Gasteiger partial charge in [-0.1, -0.05) is 24.3 Å². The molecule has 1 saturated heterocycles. The molecule has 196 valence electrons. The van der Waals surface area contributed by atoms with Gasteiger partial charge in [0.2, 0.25) is 5.91 Å². The van der Waals surface area contributed by atoms with Gasteiger partial charge in [0, 0.05) is 30.5 Å². The standard InChI is InChI=1S/C27H32N4O5S/c1-27(2,3)36-26(33)31-22-11-9-19(14-22)24(31)25(32)30-21(15-28)13-17-5-7-18(8-6-17)20-10-12-23(29-16-20)37(4,34)35/h5-8,10,12,16,19,21-22,24H,9,11,13-14H2,1-4H3,(H,30,32)/t19-,21-,22+,24-/m0/s1. The molecule has 1 N–H and O–H groups in total. The lowest BCUT2D eigenvalue weighted by Crippen LogP contribution is -2.55. The van der Waals surface area contributed by atoms with E-state index in [-0.39, 0.29) is 22.9 Å². The summed E-state index contributed by atoms with van der Waals surface area (Å²) in [6.07, 6.45) is 4.95. The SMILES string of the molecule is CC(C)(C)OC(=O)N1[C@@H]2CC[C@@H](C2)[C@H]1C(=O)N[C@H](C#N)Cc1ccc(-c2ccc(S(C)(=O)=O)nc2)cc1. The van der Waals surface area contributed by atoms with E-state index < -0.39 is 33.6 Å². The molecule has 2 fully saturated rings. The summed E-state index contributed by atoms with van der Waals surface area (Å²) in [6, 6.07) is 11.4. The number of nitrogens with one attached hydrogen (secondary N) is 1. The van der Waals surface area contributed by atoms with Crippen LogP contribution in [0.15, 0.2) is 47.6 Å². The summed E-state index contributed by atoms with van der Waals surface area (Å²) in [6.45, 7) is 5.39. The van der Waals surface area contributed by atoms with Crippen molar-refractivity contribution < 1.29 is 22.7 Å². The van der Waals surface area contributed by atoms with E-state index in [1.54, 1.807) is 31.7 Å². The molecule has 10 heteroatoms. The molecule has 9 nitrogen and oxygen atoms in total. The van der Waals surface area contributed by atoms with Crippen LogP contribution >= 0.6 is 0 Å². The predicted octanol–water partition coefficient (Wildman–Crippen LogP) is 3.49. The minimum Gasteiger partial charge on any atom is -0.444 e. The molecule has 2 aliphatic rings. The zero-order valence-electron chi connectivity index (χ0n) is 21.5. The van der Waals surface area contributed by atoms with E-state index in [1.807, 2.05) is 24.3 Å². The molecule has 0 unspecified atom stereocenters. The minimum atomic E-state index is -3.37. The maximum atomic E-state index is 13.3. The third-order valence-corrected chi connectivity index (χ3v) is 7.78. The first-order valence-electron chi connectivity index (χ1n) is 12.3. The van der Waals surface area contributed by atoms with Crippen LogP contribution in [0.2, 0.25) is 0 Å². The number of ether oxygens (including phenoxy) is 1. The molecule has 1 aliphatic carbocycles. The van der Waals surface area contributed by atoms with Crippen LogP contribution in [-0.4, -0.2) is 60.3 Å². The Labute approximate surface area is 217 Å². The van der Waals surface area contributed by atoms with Crippen LogP contribution in [0.5, 0.6) is 0 Å². The normalized spacial score (nSPS) is 21.8. The lowest BCUT2D eigenvalue weighted by atomic mass is 9.97. The van der Waals surface area contributed by atoms with Crippen molar-refractivity contribution in [3.05, 3.63) is 48.2 Å². The van der Waals surface area contributed by atoms with Crippen molar-refractivity contribution in [1.82, 2.24) is 15.2 Å². The van der Waals surface area contributed by atoms with E-state index in [1.165, 1.54) is 12.3 Å². The summed E-state index contributed by atoms with van der Waals surface area (Å²) in [5, 5.41) is 12.6. The van der Waals surface area contributed by atoms with Crippen molar-refractivity contribution in [2.45, 2.75) is 75.2 Å². The van der Waals surface area contributed by atoms with Crippen LogP contribution in [0.25, 0.3) is 11.1 Å². The molecule has 2 heterocycles. The fraction of sp³-hybridized carbons (Fsp3) is 0.481. The lowest BCUT2D eigenvalue weighted by Gasteiger charge is -2.35. The van der Waals surface area contributed by atoms with Gasteiger partial charge >= 0.3 is 6.09 Å². The highest BCUT2D eigenvalue weighted by atomic mass is 32.2. The third-order valence-electron chi connectivity index (χ3n) is 6.77. The van der Waals surface area contributed by atoms with Gasteiger partial charge in [0.05, 0.1) is 6.07 Å². The number of hydrogen-bond donors (Lipinski definition) is 1. The van der Waals surface area contributed by atoms with Crippen molar-refractivity contribution in [3.63, 3.8) is 0 Å². The lowest BCUT2D eigenvalue weighted by molar-refractivity contribution is -0.128. The molecule has 0 spiro atoms. The summed E-state index contributed by atoms with van der Waals surface area (Å²) >= 11 is 0. The highest BCUT2D eigenvalue weighted by molar-refractivity contribution is 7.90. The van der Waals surface area contributed by atoms with Gasteiger partial charge in [-0.3, -0.25) is 9.69 Å². The van der Waals surface area contributed by atoms with Crippen molar-refractivity contribution >= 4 is 21.8 Å².